The fourth-order valence-electron chi connectivity index (χ4n) is 9.26. The zero-order chi connectivity index (χ0) is 67.3. The van der Waals surface area contributed by atoms with Crippen molar-refractivity contribution in [1.29, 1.82) is 0 Å². The van der Waals surface area contributed by atoms with Crippen LogP contribution in [0.25, 0.3) is 0 Å². The molecule has 4 aromatic carbocycles. The van der Waals surface area contributed by atoms with Crippen LogP contribution in [0.1, 0.15) is 75.6 Å². The summed E-state index contributed by atoms with van der Waals surface area (Å²) in [7, 11) is 0. The lowest BCUT2D eigenvalue weighted by Gasteiger charge is -2.29. The van der Waals surface area contributed by atoms with Gasteiger partial charge in [0.1, 0.15) is 66.2 Å². The second kappa shape index (κ2) is 37.6. The molecule has 0 aliphatic rings. The first-order valence-electron chi connectivity index (χ1n) is 29.4. The predicted molar refractivity (Wildman–Crippen MR) is 336 cm³/mol. The molecule has 4 aromatic rings. The predicted octanol–water partition coefficient (Wildman–Crippen LogP) is -0.765. The van der Waals surface area contributed by atoms with Gasteiger partial charge in [-0.15, -0.1) is 0 Å². The molecule has 0 aliphatic carbocycles. The van der Waals surface area contributed by atoms with Gasteiger partial charge in [0.25, 0.3) is 0 Å². The Hall–Kier alpha value is -9.41. The van der Waals surface area contributed by atoms with E-state index in [1.165, 1.54) is 49.9 Å². The molecule has 0 aliphatic heterocycles. The molecule has 0 spiro atoms. The number of nitrogens with two attached hydrogens (primary N) is 2. The molecule has 0 saturated carbocycles. The number of carbonyl (C=O) groups excluding carboxylic acids is 10. The number of carboxylic acids is 2. The Kier molecular flexibility index (Phi) is 30.6. The van der Waals surface area contributed by atoms with Gasteiger partial charge in [-0.25, -0.2) is 4.79 Å². The first-order valence-corrected chi connectivity index (χ1v) is 30.8. The fourth-order valence-corrected chi connectivity index (χ4v) is 9.73. The number of phenolic OH excluding ortho intramolecular Hbond substituents is 1. The molecule has 27 nitrogen and oxygen atoms in total. The summed E-state index contributed by atoms with van der Waals surface area (Å²) >= 11 is 1.39. The van der Waals surface area contributed by atoms with E-state index in [1.807, 2.05) is 0 Å². The van der Waals surface area contributed by atoms with Crippen LogP contribution in [0.3, 0.4) is 0 Å². The molecule has 0 radical (unpaired) electrons. The van der Waals surface area contributed by atoms with Gasteiger partial charge in [0.05, 0.1) is 19.4 Å². The Morgan fingerprint density at radius 2 is 0.791 bits per heavy atom. The van der Waals surface area contributed by atoms with Gasteiger partial charge in [-0.05, 0) is 64.7 Å². The van der Waals surface area contributed by atoms with Gasteiger partial charge in [0.15, 0.2) is 0 Å². The van der Waals surface area contributed by atoms with Crippen molar-refractivity contribution in [3.63, 3.8) is 0 Å². The molecule has 0 bridgehead atoms. The number of hydrogen-bond donors (Lipinski definition) is 15. The van der Waals surface area contributed by atoms with Crippen LogP contribution in [0.2, 0.25) is 0 Å². The minimum absolute atomic E-state index is 0.121. The van der Waals surface area contributed by atoms with Crippen molar-refractivity contribution in [3.8, 4) is 5.75 Å². The maximum atomic E-state index is 14.9. The highest BCUT2D eigenvalue weighted by atomic mass is 32.2. The summed E-state index contributed by atoms with van der Waals surface area (Å²) in [5.74, 6) is -13.8. The molecule has 0 unspecified atom stereocenters. The number of aromatic hydroxyl groups is 1. The molecule has 0 fully saturated rings. The summed E-state index contributed by atoms with van der Waals surface area (Å²) in [6, 6.07) is 15.0. The Balaban J connectivity index is 1.72. The third kappa shape index (κ3) is 25.2. The van der Waals surface area contributed by atoms with E-state index in [-0.39, 0.29) is 37.9 Å². The van der Waals surface area contributed by atoms with E-state index in [2.05, 4.69) is 47.9 Å². The number of primary amides is 1. The van der Waals surface area contributed by atoms with E-state index in [0.29, 0.717) is 34.4 Å². The van der Waals surface area contributed by atoms with Gasteiger partial charge in [-0.3, -0.25) is 52.7 Å². The van der Waals surface area contributed by atoms with E-state index in [9.17, 15) is 78.0 Å². The molecule has 492 valence electrons. The van der Waals surface area contributed by atoms with Crippen molar-refractivity contribution in [1.82, 2.24) is 47.9 Å². The number of phenols is 1. The highest BCUT2D eigenvalue weighted by Crippen LogP contribution is 2.16. The van der Waals surface area contributed by atoms with Crippen molar-refractivity contribution >= 4 is 82.8 Å². The first-order chi connectivity index (χ1) is 43.2. The van der Waals surface area contributed by atoms with E-state index < -0.39 is 163 Å². The molecular weight excluding hydrogens is 1200 g/mol. The highest BCUT2D eigenvalue weighted by molar-refractivity contribution is 7.98. The normalized spacial score (nSPS) is 14.7. The average molecular weight is 1280 g/mol. The minimum atomic E-state index is -1.84. The number of aliphatic carboxylic acids is 2. The molecule has 10 amide bonds. The molecule has 0 saturated heterocycles. The highest BCUT2D eigenvalue weighted by Gasteiger charge is 2.38. The van der Waals surface area contributed by atoms with Gasteiger partial charge >= 0.3 is 11.9 Å². The number of amides is 10. The van der Waals surface area contributed by atoms with Crippen molar-refractivity contribution in [3.05, 3.63) is 138 Å². The number of aliphatic hydroxyl groups is 1. The Labute approximate surface area is 531 Å². The van der Waals surface area contributed by atoms with Crippen LogP contribution in [0.5, 0.6) is 5.75 Å². The van der Waals surface area contributed by atoms with Gasteiger partial charge in [-0.2, -0.15) is 11.8 Å². The SMILES string of the molecule is CC[C@H](C)[C@H](NC(=O)[C@H](CCSC)NC(=O)[C@@H](N)CO)C(=O)N[C@@H](Cc1ccccc1)C(=O)N[C@@H](CC(N)=O)C(=O)N[C@@H](Cc1ccccc1)C(=O)N[C@@H](Cc1ccc(O)cc1)C(=O)N[C@@H](Cc1ccccc1)C(=O)N[C@@H](CC(=O)O)C(=O)N[C@H](C(=O)O)C(C)C. The van der Waals surface area contributed by atoms with Crippen molar-refractivity contribution < 1.29 is 78.0 Å². The third-order valence-electron chi connectivity index (χ3n) is 14.6. The van der Waals surface area contributed by atoms with Crippen molar-refractivity contribution in [2.45, 2.75) is 139 Å². The Bertz CT molecular complexity index is 3110. The second-order valence-electron chi connectivity index (χ2n) is 22.1. The summed E-state index contributed by atoms with van der Waals surface area (Å²) in [6.07, 6.45) is -0.666. The zero-order valence-corrected chi connectivity index (χ0v) is 52.0. The Morgan fingerprint density at radius 3 is 1.15 bits per heavy atom. The second-order valence-corrected chi connectivity index (χ2v) is 23.1. The number of carbonyl (C=O) groups is 12. The van der Waals surface area contributed by atoms with E-state index >= 15 is 0 Å². The van der Waals surface area contributed by atoms with Gasteiger partial charge in [0, 0.05) is 25.7 Å². The Morgan fingerprint density at radius 1 is 0.451 bits per heavy atom. The largest absolute Gasteiger partial charge is 0.508 e. The summed E-state index contributed by atoms with van der Waals surface area (Å²) in [5, 5.41) is 62.0. The lowest BCUT2D eigenvalue weighted by molar-refractivity contribution is -0.144. The molecule has 4 rings (SSSR count). The molecule has 91 heavy (non-hydrogen) atoms. The molecule has 11 atom stereocenters. The standard InChI is InChI=1S/C63H83N11O16S/c1-6-36(4)53(74-55(81)43(26-27-91-5)66-54(80)42(64)34-75)62(88)72-47(30-39-20-14-9-15-21-39)59(85)70-48(32-50(65)77)60(86)69-44(28-37-16-10-7-11-17-37)56(82)68-46(31-40-22-24-41(76)25-23-40)57(83)67-45(29-38-18-12-8-13-19-38)58(84)71-49(33-51(78)79)61(87)73-52(35(2)3)63(89)90/h7-25,35-36,42-49,52-53,75-76H,6,26-34,64H2,1-5H3,(H2,65,77)(H,66,80)(H,67,83)(H,68,82)(H,69,86)(H,70,85)(H,71,84)(H,72,88)(H,73,87)(H,74,81)(H,78,79)(H,89,90)/t36-,42-,43-,44-,45-,46-,47-,48-,49-,52-,53-/m0/s1. The summed E-state index contributed by atoms with van der Waals surface area (Å²) in [5.41, 5.74) is 13.2. The number of hydrogen-bond acceptors (Lipinski definition) is 16. The number of nitrogens with one attached hydrogen (secondary N) is 9. The molecule has 17 N–H and O–H groups in total. The van der Waals surface area contributed by atoms with Crippen molar-refractivity contribution in [2.75, 3.05) is 18.6 Å². The van der Waals surface area contributed by atoms with E-state index in [4.69, 9.17) is 11.5 Å². The molecule has 0 heterocycles. The first kappa shape index (κ1) is 74.1. The van der Waals surface area contributed by atoms with Crippen LogP contribution in [0, 0.1) is 11.8 Å². The summed E-state index contributed by atoms with van der Waals surface area (Å²) < 4.78 is 0. The van der Waals surface area contributed by atoms with Crippen LogP contribution < -0.4 is 59.3 Å². The monoisotopic (exact) mass is 1280 g/mol. The third-order valence-corrected chi connectivity index (χ3v) is 15.3. The van der Waals surface area contributed by atoms with Crippen LogP contribution in [0.4, 0.5) is 0 Å². The number of thioether (sulfide) groups is 1. The van der Waals surface area contributed by atoms with Crippen molar-refractivity contribution in [2.24, 2.45) is 23.3 Å². The van der Waals surface area contributed by atoms with Gasteiger partial charge < -0.3 is 79.7 Å². The maximum absolute atomic E-state index is 14.9. The number of aliphatic hydroxyl groups excluding tert-OH is 1. The lowest BCUT2D eigenvalue weighted by Crippen LogP contribution is -2.62. The summed E-state index contributed by atoms with van der Waals surface area (Å²) in [6.45, 7) is 5.74. The molecular formula is C63H83N11O16S. The number of benzene rings is 4. The quantitative estimate of drug-likeness (QED) is 0.0262. The van der Waals surface area contributed by atoms with E-state index in [1.54, 1.807) is 111 Å². The number of carboxylic acid groups (broad SMARTS) is 2. The zero-order valence-electron chi connectivity index (χ0n) is 51.2. The van der Waals surface area contributed by atoms with Crippen LogP contribution in [-0.4, -0.2) is 170 Å². The maximum Gasteiger partial charge on any atom is 0.326 e. The minimum Gasteiger partial charge on any atom is -0.508 e. The molecule has 28 heteroatoms. The summed E-state index contributed by atoms with van der Waals surface area (Å²) in [4.78, 5) is 165. The van der Waals surface area contributed by atoms with Crippen LogP contribution in [-0.2, 0) is 83.2 Å². The molecule has 0 aromatic heterocycles. The van der Waals surface area contributed by atoms with Gasteiger partial charge in [-0.1, -0.05) is 137 Å². The number of rotatable bonds is 38. The van der Waals surface area contributed by atoms with Crippen LogP contribution in [0.15, 0.2) is 115 Å². The average Bonchev–Trinajstić information content (AvgIpc) is 3.62. The van der Waals surface area contributed by atoms with Gasteiger partial charge in [0.2, 0.25) is 59.1 Å². The smallest absolute Gasteiger partial charge is 0.326 e. The fraction of sp³-hybridized carbons (Fsp3) is 0.429. The topological polar surface area (TPSA) is 446 Å². The lowest BCUT2D eigenvalue weighted by atomic mass is 9.96. The van der Waals surface area contributed by atoms with E-state index in [0.717, 1.165) is 0 Å². The van der Waals surface area contributed by atoms with Crippen LogP contribution >= 0.6 is 11.8 Å².